The Morgan fingerprint density at radius 3 is 2.57 bits per heavy atom. The van der Waals surface area contributed by atoms with Gasteiger partial charge in [-0.15, -0.1) is 0 Å². The fourth-order valence-electron chi connectivity index (χ4n) is 1.87. The minimum atomic E-state index is -4.17. The van der Waals surface area contributed by atoms with Gasteiger partial charge in [0.05, 0.1) is 12.1 Å². The van der Waals surface area contributed by atoms with Crippen LogP contribution in [0.3, 0.4) is 0 Å². The monoisotopic (exact) mass is 297 g/mol. The van der Waals surface area contributed by atoms with Crippen LogP contribution < -0.4 is 10.9 Å². The van der Waals surface area contributed by atoms with Crippen LogP contribution in [0, 0.1) is 6.92 Å². The molecule has 0 fully saturated rings. The zero-order chi connectivity index (χ0) is 15.5. The number of anilines is 1. The van der Waals surface area contributed by atoms with Gasteiger partial charge in [0.1, 0.15) is 0 Å². The van der Waals surface area contributed by atoms with Crippen molar-refractivity contribution in [2.45, 2.75) is 19.5 Å². The van der Waals surface area contributed by atoms with Gasteiger partial charge in [0, 0.05) is 23.9 Å². The third kappa shape index (κ3) is 4.34. The van der Waals surface area contributed by atoms with Gasteiger partial charge in [-0.1, -0.05) is 6.07 Å². The highest BCUT2D eigenvalue weighted by Gasteiger charge is 2.26. The predicted octanol–water partition coefficient (Wildman–Crippen LogP) is 3.11. The maximum Gasteiger partial charge on any atom is 0.390 e. The molecule has 0 radical (unpaired) electrons. The number of benzene rings is 1. The van der Waals surface area contributed by atoms with Gasteiger partial charge in [0.2, 0.25) is 0 Å². The molecule has 0 atom stereocenters. The SMILES string of the molecule is Cc1cc(-c2ccc(=O)[nH]n2)ccc1NCCC(F)(F)F. The van der Waals surface area contributed by atoms with Crippen LogP contribution in [0.4, 0.5) is 18.9 Å². The molecule has 0 saturated carbocycles. The molecule has 0 aliphatic carbocycles. The molecule has 0 amide bonds. The van der Waals surface area contributed by atoms with Crippen molar-refractivity contribution in [1.82, 2.24) is 10.2 Å². The first-order valence-corrected chi connectivity index (χ1v) is 6.32. The lowest BCUT2D eigenvalue weighted by atomic mass is 10.1. The Bertz CT molecular complexity index is 659. The van der Waals surface area contributed by atoms with Crippen molar-refractivity contribution in [3.05, 3.63) is 46.2 Å². The highest BCUT2D eigenvalue weighted by atomic mass is 19.4. The first-order chi connectivity index (χ1) is 9.85. The molecule has 2 rings (SSSR count). The fourth-order valence-corrected chi connectivity index (χ4v) is 1.87. The molecule has 1 aromatic heterocycles. The molecule has 112 valence electrons. The second-order valence-corrected chi connectivity index (χ2v) is 4.63. The molecule has 0 aliphatic rings. The van der Waals surface area contributed by atoms with Crippen molar-refractivity contribution in [3.8, 4) is 11.3 Å². The van der Waals surface area contributed by atoms with Crippen molar-refractivity contribution in [3.63, 3.8) is 0 Å². The summed E-state index contributed by atoms with van der Waals surface area (Å²) in [6.45, 7) is 1.63. The third-order valence-electron chi connectivity index (χ3n) is 2.93. The molecule has 0 saturated heterocycles. The van der Waals surface area contributed by atoms with E-state index in [4.69, 9.17) is 0 Å². The summed E-state index contributed by atoms with van der Waals surface area (Å²) in [5, 5.41) is 9.00. The molecular formula is C14H14F3N3O. The van der Waals surface area contributed by atoms with Gasteiger partial charge in [0.25, 0.3) is 5.56 Å². The van der Waals surface area contributed by atoms with Gasteiger partial charge in [-0.3, -0.25) is 4.79 Å². The van der Waals surface area contributed by atoms with Crippen LogP contribution >= 0.6 is 0 Å². The first-order valence-electron chi connectivity index (χ1n) is 6.32. The van der Waals surface area contributed by atoms with E-state index in [1.165, 1.54) is 6.07 Å². The Labute approximate surface area is 119 Å². The maximum absolute atomic E-state index is 12.1. The summed E-state index contributed by atoms with van der Waals surface area (Å²) in [4.78, 5) is 11.0. The molecule has 4 nitrogen and oxygen atoms in total. The third-order valence-corrected chi connectivity index (χ3v) is 2.93. The number of aryl methyl sites for hydroxylation is 1. The summed E-state index contributed by atoms with van der Waals surface area (Å²) in [6.07, 6.45) is -5.05. The molecule has 21 heavy (non-hydrogen) atoms. The standard InChI is InChI=1S/C14H14F3N3O/c1-9-8-10(12-4-5-13(21)20-19-12)2-3-11(9)18-7-6-14(15,16)17/h2-5,8,18H,6-7H2,1H3,(H,20,21). The highest BCUT2D eigenvalue weighted by molar-refractivity contribution is 5.65. The van der Waals surface area contributed by atoms with Crippen LogP contribution in [-0.2, 0) is 0 Å². The summed E-state index contributed by atoms with van der Waals surface area (Å²) in [6, 6.07) is 8.20. The van der Waals surface area contributed by atoms with Gasteiger partial charge < -0.3 is 5.32 Å². The Balaban J connectivity index is 2.10. The molecular weight excluding hydrogens is 283 g/mol. The number of nitrogens with one attached hydrogen (secondary N) is 2. The average molecular weight is 297 g/mol. The predicted molar refractivity (Wildman–Crippen MR) is 74.2 cm³/mol. The Kier molecular flexibility index (Phi) is 4.30. The minimum Gasteiger partial charge on any atom is -0.384 e. The summed E-state index contributed by atoms with van der Waals surface area (Å²) in [5.41, 5.74) is 2.54. The molecule has 0 unspecified atom stereocenters. The summed E-state index contributed by atoms with van der Waals surface area (Å²) in [5.74, 6) is 0. The number of aromatic nitrogens is 2. The normalized spacial score (nSPS) is 11.4. The number of rotatable bonds is 4. The van der Waals surface area contributed by atoms with E-state index in [1.54, 1.807) is 31.2 Å². The number of nitrogens with zero attached hydrogens (tertiary/aromatic N) is 1. The van der Waals surface area contributed by atoms with Crippen molar-refractivity contribution >= 4 is 5.69 Å². The van der Waals surface area contributed by atoms with Crippen LogP contribution in [0.5, 0.6) is 0 Å². The van der Waals surface area contributed by atoms with Crippen molar-refractivity contribution in [2.75, 3.05) is 11.9 Å². The molecule has 2 N–H and O–H groups in total. The van der Waals surface area contributed by atoms with E-state index in [2.05, 4.69) is 15.5 Å². The highest BCUT2D eigenvalue weighted by Crippen LogP contribution is 2.24. The van der Waals surface area contributed by atoms with Crippen LogP contribution in [-0.4, -0.2) is 22.9 Å². The Morgan fingerprint density at radius 1 is 1.24 bits per heavy atom. The molecule has 7 heteroatoms. The average Bonchev–Trinajstić information content (AvgIpc) is 2.40. The van der Waals surface area contributed by atoms with Gasteiger partial charge in [0.15, 0.2) is 0 Å². The summed E-state index contributed by atoms with van der Waals surface area (Å²) < 4.78 is 36.3. The van der Waals surface area contributed by atoms with E-state index in [1.807, 2.05) is 0 Å². The van der Waals surface area contributed by atoms with E-state index in [0.29, 0.717) is 11.4 Å². The van der Waals surface area contributed by atoms with Crippen molar-refractivity contribution < 1.29 is 13.2 Å². The largest absolute Gasteiger partial charge is 0.390 e. The van der Waals surface area contributed by atoms with E-state index in [-0.39, 0.29) is 12.1 Å². The quantitative estimate of drug-likeness (QED) is 0.911. The number of H-pyrrole nitrogens is 1. The molecule has 0 bridgehead atoms. The number of aromatic amines is 1. The van der Waals surface area contributed by atoms with Crippen molar-refractivity contribution in [2.24, 2.45) is 0 Å². The number of hydrogen-bond donors (Lipinski definition) is 2. The van der Waals surface area contributed by atoms with Crippen LogP contribution in [0.25, 0.3) is 11.3 Å². The molecule has 1 heterocycles. The van der Waals surface area contributed by atoms with E-state index in [0.717, 1.165) is 11.1 Å². The zero-order valence-corrected chi connectivity index (χ0v) is 11.3. The second kappa shape index (κ2) is 5.99. The lowest BCUT2D eigenvalue weighted by Gasteiger charge is -2.12. The number of alkyl halides is 3. The topological polar surface area (TPSA) is 57.8 Å². The first kappa shape index (κ1) is 15.1. The van der Waals surface area contributed by atoms with Crippen LogP contribution in [0.15, 0.2) is 35.1 Å². The van der Waals surface area contributed by atoms with Gasteiger partial charge in [-0.05, 0) is 30.7 Å². The molecule has 0 spiro atoms. The molecule has 0 aliphatic heterocycles. The minimum absolute atomic E-state index is 0.166. The van der Waals surface area contributed by atoms with E-state index in [9.17, 15) is 18.0 Å². The molecule has 2 aromatic rings. The molecule has 1 aromatic carbocycles. The van der Waals surface area contributed by atoms with Crippen molar-refractivity contribution in [1.29, 1.82) is 0 Å². The van der Waals surface area contributed by atoms with Gasteiger partial charge >= 0.3 is 6.18 Å². The Hall–Kier alpha value is -2.31. The second-order valence-electron chi connectivity index (χ2n) is 4.63. The number of halogens is 3. The number of hydrogen-bond acceptors (Lipinski definition) is 3. The fraction of sp³-hybridized carbons (Fsp3) is 0.286. The smallest absolute Gasteiger partial charge is 0.384 e. The summed E-state index contributed by atoms with van der Waals surface area (Å²) in [7, 11) is 0. The van der Waals surface area contributed by atoms with Crippen LogP contribution in [0.2, 0.25) is 0 Å². The zero-order valence-electron chi connectivity index (χ0n) is 11.3. The van der Waals surface area contributed by atoms with E-state index >= 15 is 0 Å². The Morgan fingerprint density at radius 2 is 2.00 bits per heavy atom. The van der Waals surface area contributed by atoms with Gasteiger partial charge in [-0.2, -0.15) is 18.3 Å². The van der Waals surface area contributed by atoms with E-state index < -0.39 is 12.6 Å². The summed E-state index contributed by atoms with van der Waals surface area (Å²) >= 11 is 0. The maximum atomic E-state index is 12.1. The lowest BCUT2D eigenvalue weighted by Crippen LogP contribution is -2.15. The lowest BCUT2D eigenvalue weighted by molar-refractivity contribution is -0.131. The van der Waals surface area contributed by atoms with Gasteiger partial charge in [-0.25, -0.2) is 5.10 Å². The van der Waals surface area contributed by atoms with Crippen LogP contribution in [0.1, 0.15) is 12.0 Å².